The van der Waals surface area contributed by atoms with Crippen molar-refractivity contribution in [2.45, 2.75) is 56.1 Å². The van der Waals surface area contributed by atoms with Crippen LogP contribution >= 0.6 is 11.6 Å². The standard InChI is InChI=1S/C22H24ClF3N2O3S/c1-15-7-10-18(11-8-15)32(30,31)28(17-5-3-2-4-6-17)14-21(29)27-16-9-12-20(23)19(13-16)22(24,25)26/h7-13,17H,2-6,14H2,1H3,(H,27,29). The first-order valence-corrected chi connectivity index (χ1v) is 12.1. The van der Waals surface area contributed by atoms with Gasteiger partial charge in [-0.05, 0) is 50.1 Å². The van der Waals surface area contributed by atoms with Crippen molar-refractivity contribution in [1.82, 2.24) is 4.31 Å². The van der Waals surface area contributed by atoms with Crippen molar-refractivity contribution >= 4 is 33.2 Å². The Kier molecular flexibility index (Phi) is 7.52. The Morgan fingerprint density at radius 2 is 1.72 bits per heavy atom. The number of benzene rings is 2. The minimum Gasteiger partial charge on any atom is -0.325 e. The molecule has 1 N–H and O–H groups in total. The van der Waals surface area contributed by atoms with E-state index in [1.807, 2.05) is 6.92 Å². The van der Waals surface area contributed by atoms with Crippen molar-refractivity contribution in [2.24, 2.45) is 0 Å². The fourth-order valence-electron chi connectivity index (χ4n) is 3.79. The lowest BCUT2D eigenvalue weighted by Crippen LogP contribution is -2.45. The van der Waals surface area contributed by atoms with Gasteiger partial charge in [-0.15, -0.1) is 0 Å². The van der Waals surface area contributed by atoms with Gasteiger partial charge < -0.3 is 5.32 Å². The molecule has 10 heteroatoms. The molecule has 0 saturated heterocycles. The SMILES string of the molecule is Cc1ccc(S(=O)(=O)N(CC(=O)Nc2ccc(Cl)c(C(F)(F)F)c2)C2CCCCC2)cc1. The second-order valence-corrected chi connectivity index (χ2v) is 10.2. The molecule has 174 valence electrons. The van der Waals surface area contributed by atoms with Crippen LogP contribution in [0.5, 0.6) is 0 Å². The molecule has 0 atom stereocenters. The summed E-state index contributed by atoms with van der Waals surface area (Å²) in [5.74, 6) is -0.721. The summed E-state index contributed by atoms with van der Waals surface area (Å²) in [5, 5.41) is 1.90. The van der Waals surface area contributed by atoms with E-state index in [2.05, 4.69) is 5.32 Å². The number of amides is 1. The van der Waals surface area contributed by atoms with Crippen LogP contribution in [0.3, 0.4) is 0 Å². The zero-order chi connectivity index (χ0) is 23.5. The van der Waals surface area contributed by atoms with Crippen molar-refractivity contribution in [3.63, 3.8) is 0 Å². The highest BCUT2D eigenvalue weighted by molar-refractivity contribution is 7.89. The van der Waals surface area contributed by atoms with Gasteiger partial charge in [-0.3, -0.25) is 4.79 Å². The van der Waals surface area contributed by atoms with E-state index in [9.17, 15) is 26.4 Å². The molecule has 3 rings (SSSR count). The van der Waals surface area contributed by atoms with E-state index in [-0.39, 0.29) is 16.6 Å². The molecule has 5 nitrogen and oxygen atoms in total. The summed E-state index contributed by atoms with van der Waals surface area (Å²) >= 11 is 5.62. The van der Waals surface area contributed by atoms with Gasteiger partial charge in [-0.25, -0.2) is 8.42 Å². The average Bonchev–Trinajstić information content (AvgIpc) is 2.73. The van der Waals surface area contributed by atoms with Gasteiger partial charge in [0.05, 0.1) is 22.0 Å². The third-order valence-electron chi connectivity index (χ3n) is 5.46. The highest BCUT2D eigenvalue weighted by atomic mass is 35.5. The van der Waals surface area contributed by atoms with E-state index in [1.54, 1.807) is 12.1 Å². The third kappa shape index (κ3) is 5.82. The maximum Gasteiger partial charge on any atom is 0.417 e. The van der Waals surface area contributed by atoms with Crippen LogP contribution in [0.25, 0.3) is 0 Å². The smallest absolute Gasteiger partial charge is 0.325 e. The Hall–Kier alpha value is -2.10. The number of hydrogen-bond donors (Lipinski definition) is 1. The van der Waals surface area contributed by atoms with Gasteiger partial charge in [0.2, 0.25) is 15.9 Å². The second kappa shape index (κ2) is 9.80. The summed E-state index contributed by atoms with van der Waals surface area (Å²) in [6.45, 7) is 1.34. The van der Waals surface area contributed by atoms with Gasteiger partial charge in [0.15, 0.2) is 0 Å². The maximum absolute atomic E-state index is 13.3. The van der Waals surface area contributed by atoms with Gasteiger partial charge in [0.1, 0.15) is 0 Å². The summed E-state index contributed by atoms with van der Waals surface area (Å²) < 4.78 is 67.2. The summed E-state index contributed by atoms with van der Waals surface area (Å²) in [6, 6.07) is 9.02. The molecule has 0 heterocycles. The van der Waals surface area contributed by atoms with E-state index in [0.29, 0.717) is 12.8 Å². The molecule has 1 fully saturated rings. The Morgan fingerprint density at radius 3 is 2.31 bits per heavy atom. The highest BCUT2D eigenvalue weighted by Gasteiger charge is 2.35. The number of rotatable bonds is 6. The number of hydrogen-bond acceptors (Lipinski definition) is 3. The zero-order valence-electron chi connectivity index (χ0n) is 17.5. The largest absolute Gasteiger partial charge is 0.417 e. The molecule has 0 unspecified atom stereocenters. The quantitative estimate of drug-likeness (QED) is 0.573. The Bertz CT molecular complexity index is 1070. The average molecular weight is 489 g/mol. The van der Waals surface area contributed by atoms with Crippen molar-refractivity contribution in [3.8, 4) is 0 Å². The number of nitrogens with zero attached hydrogens (tertiary/aromatic N) is 1. The van der Waals surface area contributed by atoms with Crippen LogP contribution in [0.1, 0.15) is 43.2 Å². The molecular weight excluding hydrogens is 465 g/mol. The number of alkyl halides is 3. The van der Waals surface area contributed by atoms with E-state index in [4.69, 9.17) is 11.6 Å². The normalized spacial score (nSPS) is 15.7. The first-order chi connectivity index (χ1) is 15.0. The van der Waals surface area contributed by atoms with Crippen molar-refractivity contribution in [2.75, 3.05) is 11.9 Å². The maximum atomic E-state index is 13.3. The molecule has 0 radical (unpaired) electrons. The summed E-state index contributed by atoms with van der Waals surface area (Å²) in [4.78, 5) is 12.8. The molecule has 0 bridgehead atoms. The van der Waals surface area contributed by atoms with Crippen LogP contribution in [-0.2, 0) is 21.0 Å². The van der Waals surface area contributed by atoms with Crippen LogP contribution in [0.2, 0.25) is 5.02 Å². The van der Waals surface area contributed by atoms with Gasteiger partial charge in [0.25, 0.3) is 0 Å². The summed E-state index contributed by atoms with van der Waals surface area (Å²) in [6.07, 6.45) is -0.751. The van der Waals surface area contributed by atoms with E-state index >= 15 is 0 Å². The van der Waals surface area contributed by atoms with E-state index in [1.165, 1.54) is 22.5 Å². The lowest BCUT2D eigenvalue weighted by atomic mass is 9.95. The fraction of sp³-hybridized carbons (Fsp3) is 0.409. The van der Waals surface area contributed by atoms with Crippen molar-refractivity contribution in [1.29, 1.82) is 0 Å². The van der Waals surface area contributed by atoms with Crippen LogP contribution < -0.4 is 5.32 Å². The topological polar surface area (TPSA) is 66.5 Å². The highest BCUT2D eigenvalue weighted by Crippen LogP contribution is 2.36. The minimum atomic E-state index is -4.68. The first kappa shape index (κ1) is 24.5. The lowest BCUT2D eigenvalue weighted by Gasteiger charge is -2.33. The summed E-state index contributed by atoms with van der Waals surface area (Å²) in [5.41, 5.74) is -0.287. The number of anilines is 1. The lowest BCUT2D eigenvalue weighted by molar-refractivity contribution is -0.137. The van der Waals surface area contributed by atoms with Gasteiger partial charge in [-0.1, -0.05) is 48.6 Å². The Morgan fingerprint density at radius 1 is 1.09 bits per heavy atom. The number of halogens is 4. The fourth-order valence-corrected chi connectivity index (χ4v) is 5.65. The monoisotopic (exact) mass is 488 g/mol. The molecule has 32 heavy (non-hydrogen) atoms. The molecule has 2 aromatic carbocycles. The van der Waals surface area contributed by atoms with Gasteiger partial charge >= 0.3 is 6.18 Å². The van der Waals surface area contributed by atoms with Crippen molar-refractivity contribution in [3.05, 3.63) is 58.6 Å². The number of sulfonamides is 1. The minimum absolute atomic E-state index is 0.0762. The molecular formula is C22H24ClF3N2O3S. The third-order valence-corrected chi connectivity index (χ3v) is 7.71. The van der Waals surface area contributed by atoms with E-state index < -0.39 is 39.2 Å². The van der Waals surface area contributed by atoms with Gasteiger partial charge in [-0.2, -0.15) is 17.5 Å². The molecule has 0 aromatic heterocycles. The molecule has 1 amide bonds. The zero-order valence-corrected chi connectivity index (χ0v) is 19.0. The van der Waals surface area contributed by atoms with Crippen LogP contribution in [-0.4, -0.2) is 31.2 Å². The molecule has 1 aliphatic carbocycles. The molecule has 1 saturated carbocycles. The summed E-state index contributed by atoms with van der Waals surface area (Å²) in [7, 11) is -3.97. The van der Waals surface area contributed by atoms with Crippen molar-refractivity contribution < 1.29 is 26.4 Å². The van der Waals surface area contributed by atoms with E-state index in [0.717, 1.165) is 37.0 Å². The number of carbonyl (C=O) groups is 1. The Labute approximate surface area is 190 Å². The number of carbonyl (C=O) groups excluding carboxylic acids is 1. The molecule has 0 aliphatic heterocycles. The number of aryl methyl sites for hydroxylation is 1. The molecule has 1 aliphatic rings. The van der Waals surface area contributed by atoms with Gasteiger partial charge in [0, 0.05) is 11.7 Å². The molecule has 0 spiro atoms. The number of nitrogens with one attached hydrogen (secondary N) is 1. The second-order valence-electron chi connectivity index (χ2n) is 7.90. The first-order valence-electron chi connectivity index (χ1n) is 10.2. The van der Waals surface area contributed by atoms with Crippen LogP contribution in [0.4, 0.5) is 18.9 Å². The van der Waals surface area contributed by atoms with Crippen LogP contribution in [0, 0.1) is 6.92 Å². The predicted octanol–water partition coefficient (Wildman–Crippen LogP) is 5.63. The Balaban J connectivity index is 1.85. The molecule has 2 aromatic rings. The predicted molar refractivity (Wildman–Crippen MR) is 117 cm³/mol. The van der Waals surface area contributed by atoms with Crippen LogP contribution in [0.15, 0.2) is 47.4 Å².